The highest BCUT2D eigenvalue weighted by molar-refractivity contribution is 7.11. The molecule has 0 radical (unpaired) electrons. The Bertz CT molecular complexity index is 230. The van der Waals surface area contributed by atoms with Crippen LogP contribution in [0, 0.1) is 6.92 Å². The van der Waals surface area contributed by atoms with E-state index in [1.54, 1.807) is 11.3 Å². The molecule has 1 aromatic heterocycles. The Balaban J connectivity index is 2.83. The second kappa shape index (κ2) is 3.83. The molecule has 0 unspecified atom stereocenters. The molecule has 0 saturated heterocycles. The van der Waals surface area contributed by atoms with Crippen LogP contribution >= 0.6 is 11.3 Å². The van der Waals surface area contributed by atoms with Crippen molar-refractivity contribution in [3.05, 3.63) is 15.6 Å². The van der Waals surface area contributed by atoms with Gasteiger partial charge in [-0.3, -0.25) is 0 Å². The molecule has 0 spiro atoms. The first-order valence-electron chi connectivity index (χ1n) is 3.93. The number of nitrogens with zero attached hydrogens (tertiary/aromatic N) is 1. The Hall–Kier alpha value is -0.410. The van der Waals surface area contributed by atoms with E-state index in [1.807, 2.05) is 6.92 Å². The van der Waals surface area contributed by atoms with E-state index in [2.05, 4.69) is 11.9 Å². The Labute approximate surface area is 71.5 Å². The van der Waals surface area contributed by atoms with Gasteiger partial charge in [-0.15, -0.1) is 11.3 Å². The average Bonchev–Trinajstić information content (AvgIpc) is 2.32. The van der Waals surface area contributed by atoms with E-state index in [9.17, 15) is 0 Å². The monoisotopic (exact) mass is 170 g/mol. The first-order chi connectivity index (χ1) is 5.27. The second-order valence-electron chi connectivity index (χ2n) is 2.56. The fourth-order valence-corrected chi connectivity index (χ4v) is 1.97. The van der Waals surface area contributed by atoms with Crippen LogP contribution in [0.4, 0.5) is 0 Å². The second-order valence-corrected chi connectivity index (χ2v) is 3.84. The smallest absolute Gasteiger partial charge is 0.0900 e. The van der Waals surface area contributed by atoms with Crippen molar-refractivity contribution in [1.82, 2.24) is 4.98 Å². The van der Waals surface area contributed by atoms with E-state index in [4.69, 9.17) is 5.73 Å². The minimum atomic E-state index is 0.640. The first-order valence-corrected chi connectivity index (χ1v) is 4.74. The summed E-state index contributed by atoms with van der Waals surface area (Å²) in [5.41, 5.74) is 6.77. The van der Waals surface area contributed by atoms with E-state index >= 15 is 0 Å². The minimum Gasteiger partial charge on any atom is -0.326 e. The van der Waals surface area contributed by atoms with Gasteiger partial charge in [0.1, 0.15) is 0 Å². The zero-order valence-corrected chi connectivity index (χ0v) is 7.87. The average molecular weight is 170 g/mol. The fraction of sp³-hybridized carbons (Fsp3) is 0.625. The molecule has 11 heavy (non-hydrogen) atoms. The molecular formula is C8H14N2S. The Morgan fingerprint density at radius 3 is 2.82 bits per heavy atom. The third-order valence-electron chi connectivity index (χ3n) is 1.56. The quantitative estimate of drug-likeness (QED) is 0.752. The predicted molar refractivity (Wildman–Crippen MR) is 48.7 cm³/mol. The minimum absolute atomic E-state index is 0.640. The van der Waals surface area contributed by atoms with E-state index < -0.39 is 0 Å². The van der Waals surface area contributed by atoms with E-state index in [1.165, 1.54) is 10.6 Å². The summed E-state index contributed by atoms with van der Waals surface area (Å²) in [5.74, 6) is 0. The van der Waals surface area contributed by atoms with Crippen molar-refractivity contribution >= 4 is 11.3 Å². The molecule has 0 aliphatic rings. The Kier molecular flexibility index (Phi) is 3.02. The standard InChI is InChI=1S/C8H14N2S/c1-3-4-7-8(5-9)11-6(2)10-7/h3-5,9H2,1-2H3. The van der Waals surface area contributed by atoms with E-state index in [-0.39, 0.29) is 0 Å². The summed E-state index contributed by atoms with van der Waals surface area (Å²) in [6.07, 6.45) is 2.22. The SMILES string of the molecule is CCCc1nc(C)sc1CN. The Morgan fingerprint density at radius 2 is 2.27 bits per heavy atom. The summed E-state index contributed by atoms with van der Waals surface area (Å²) >= 11 is 1.72. The van der Waals surface area contributed by atoms with Gasteiger partial charge in [0.15, 0.2) is 0 Å². The molecule has 2 N–H and O–H groups in total. The van der Waals surface area contributed by atoms with Crippen LogP contribution in [0.25, 0.3) is 0 Å². The molecule has 2 nitrogen and oxygen atoms in total. The lowest BCUT2D eigenvalue weighted by molar-refractivity contribution is 0.867. The van der Waals surface area contributed by atoms with Crippen LogP contribution in [-0.4, -0.2) is 4.98 Å². The van der Waals surface area contributed by atoms with Gasteiger partial charge < -0.3 is 5.73 Å². The zero-order chi connectivity index (χ0) is 8.27. The van der Waals surface area contributed by atoms with Crippen molar-refractivity contribution in [1.29, 1.82) is 0 Å². The molecule has 0 fully saturated rings. The van der Waals surface area contributed by atoms with Gasteiger partial charge in [-0.25, -0.2) is 4.98 Å². The van der Waals surface area contributed by atoms with Gasteiger partial charge in [-0.05, 0) is 13.3 Å². The topological polar surface area (TPSA) is 38.9 Å². The third-order valence-corrected chi connectivity index (χ3v) is 2.59. The van der Waals surface area contributed by atoms with Crippen LogP contribution in [0.5, 0.6) is 0 Å². The zero-order valence-electron chi connectivity index (χ0n) is 7.05. The lowest BCUT2D eigenvalue weighted by atomic mass is 10.2. The summed E-state index contributed by atoms with van der Waals surface area (Å²) < 4.78 is 0. The summed E-state index contributed by atoms with van der Waals surface area (Å²) in [6.45, 7) is 4.83. The normalized spacial score (nSPS) is 10.5. The molecule has 0 bridgehead atoms. The molecule has 0 saturated carbocycles. The van der Waals surface area contributed by atoms with Gasteiger partial charge >= 0.3 is 0 Å². The van der Waals surface area contributed by atoms with Gasteiger partial charge in [0.05, 0.1) is 10.7 Å². The van der Waals surface area contributed by atoms with Gasteiger partial charge in [0.25, 0.3) is 0 Å². The highest BCUT2D eigenvalue weighted by Crippen LogP contribution is 2.18. The molecule has 1 aromatic rings. The van der Waals surface area contributed by atoms with Gasteiger partial charge in [-0.2, -0.15) is 0 Å². The molecule has 0 aliphatic carbocycles. The lowest BCUT2D eigenvalue weighted by Gasteiger charge is -1.94. The van der Waals surface area contributed by atoms with E-state index in [0.29, 0.717) is 6.54 Å². The Morgan fingerprint density at radius 1 is 1.55 bits per heavy atom. The molecular weight excluding hydrogens is 156 g/mol. The molecule has 62 valence electrons. The lowest BCUT2D eigenvalue weighted by Crippen LogP contribution is -1.97. The largest absolute Gasteiger partial charge is 0.326 e. The first kappa shape index (κ1) is 8.68. The number of hydrogen-bond acceptors (Lipinski definition) is 3. The highest BCUT2D eigenvalue weighted by Gasteiger charge is 2.05. The van der Waals surface area contributed by atoms with Gasteiger partial charge in [-0.1, -0.05) is 13.3 Å². The molecule has 0 aliphatic heterocycles. The van der Waals surface area contributed by atoms with Crippen LogP contribution in [0.3, 0.4) is 0 Å². The molecule has 0 aromatic carbocycles. The summed E-state index contributed by atoms with van der Waals surface area (Å²) in [5, 5.41) is 1.13. The third kappa shape index (κ3) is 2.01. The number of aromatic nitrogens is 1. The molecule has 3 heteroatoms. The van der Waals surface area contributed by atoms with Crippen molar-refractivity contribution in [3.63, 3.8) is 0 Å². The molecule has 0 amide bonds. The molecule has 1 heterocycles. The summed E-state index contributed by atoms with van der Waals surface area (Å²) in [4.78, 5) is 5.66. The highest BCUT2D eigenvalue weighted by atomic mass is 32.1. The van der Waals surface area contributed by atoms with Crippen LogP contribution in [0.1, 0.15) is 28.9 Å². The van der Waals surface area contributed by atoms with Crippen molar-refractivity contribution in [2.24, 2.45) is 5.73 Å². The van der Waals surface area contributed by atoms with Crippen LogP contribution in [0.2, 0.25) is 0 Å². The number of hydrogen-bond donors (Lipinski definition) is 1. The van der Waals surface area contributed by atoms with Crippen LogP contribution in [0.15, 0.2) is 0 Å². The van der Waals surface area contributed by atoms with Crippen molar-refractivity contribution in [2.45, 2.75) is 33.2 Å². The maximum absolute atomic E-state index is 5.56. The maximum atomic E-state index is 5.56. The van der Waals surface area contributed by atoms with Crippen molar-refractivity contribution in [2.75, 3.05) is 0 Å². The fourth-order valence-electron chi connectivity index (χ4n) is 1.10. The maximum Gasteiger partial charge on any atom is 0.0900 e. The molecule has 0 atom stereocenters. The summed E-state index contributed by atoms with van der Waals surface area (Å²) in [7, 11) is 0. The molecule has 1 rings (SSSR count). The van der Waals surface area contributed by atoms with Crippen LogP contribution in [-0.2, 0) is 13.0 Å². The number of aryl methyl sites for hydroxylation is 2. The number of nitrogens with two attached hydrogens (primary N) is 1. The predicted octanol–water partition coefficient (Wildman–Crippen LogP) is 1.86. The summed E-state index contributed by atoms with van der Waals surface area (Å²) in [6, 6.07) is 0. The van der Waals surface area contributed by atoms with Crippen molar-refractivity contribution in [3.8, 4) is 0 Å². The number of rotatable bonds is 3. The van der Waals surface area contributed by atoms with Crippen LogP contribution < -0.4 is 5.73 Å². The van der Waals surface area contributed by atoms with Gasteiger partial charge in [0.2, 0.25) is 0 Å². The van der Waals surface area contributed by atoms with Gasteiger partial charge in [0, 0.05) is 11.4 Å². The van der Waals surface area contributed by atoms with E-state index in [0.717, 1.165) is 17.8 Å². The van der Waals surface area contributed by atoms with Crippen molar-refractivity contribution < 1.29 is 0 Å². The number of thiazole rings is 1.